The molecule has 1 rings (SSSR count). The number of ether oxygens (including phenoxy) is 1. The van der Waals surface area contributed by atoms with Crippen molar-refractivity contribution in [2.75, 3.05) is 6.61 Å². The summed E-state index contributed by atoms with van der Waals surface area (Å²) >= 11 is 0. The van der Waals surface area contributed by atoms with Crippen molar-refractivity contribution in [2.24, 2.45) is 5.92 Å². The van der Waals surface area contributed by atoms with Crippen LogP contribution in [0, 0.1) is 5.92 Å². The topological polar surface area (TPSA) is 26.3 Å². The van der Waals surface area contributed by atoms with Gasteiger partial charge in [0.1, 0.15) is 6.61 Å². The fourth-order valence-corrected chi connectivity index (χ4v) is 3.56. The molecule has 0 spiro atoms. The van der Waals surface area contributed by atoms with Crippen LogP contribution >= 0.6 is 0 Å². The van der Waals surface area contributed by atoms with Crippen molar-refractivity contribution < 1.29 is 9.53 Å². The molecule has 0 radical (unpaired) electrons. The first-order valence-corrected chi connectivity index (χ1v) is 9.30. The Labute approximate surface area is 132 Å². The molecule has 1 aliphatic carbocycles. The Morgan fingerprint density at radius 2 is 1.86 bits per heavy atom. The summed E-state index contributed by atoms with van der Waals surface area (Å²) in [4.78, 5) is 12.0. The van der Waals surface area contributed by atoms with Crippen LogP contribution in [0.4, 0.5) is 0 Å². The molecule has 0 amide bonds. The number of carbonyl (C=O) groups is 1. The molecule has 2 unspecified atom stereocenters. The lowest BCUT2D eigenvalue weighted by Crippen LogP contribution is -2.43. The van der Waals surface area contributed by atoms with Crippen LogP contribution < -0.4 is 0 Å². The fourth-order valence-electron chi connectivity index (χ4n) is 3.56. The summed E-state index contributed by atoms with van der Waals surface area (Å²) in [7, 11) is 0. The van der Waals surface area contributed by atoms with Crippen molar-refractivity contribution >= 4 is 5.78 Å². The Morgan fingerprint density at radius 3 is 2.52 bits per heavy atom. The number of Topliss-reactive ketones (excluding diaryl/α,β-unsaturated/α-hetero) is 1. The Bertz CT molecular complexity index is 287. The first-order chi connectivity index (χ1) is 10.1. The van der Waals surface area contributed by atoms with E-state index in [-0.39, 0.29) is 5.60 Å². The van der Waals surface area contributed by atoms with Crippen molar-refractivity contribution in [3.63, 3.8) is 0 Å². The molecular formula is C19H36O2. The highest BCUT2D eigenvalue weighted by atomic mass is 16.5. The highest BCUT2D eigenvalue weighted by molar-refractivity contribution is 5.79. The zero-order valence-electron chi connectivity index (χ0n) is 14.6. The molecule has 21 heavy (non-hydrogen) atoms. The van der Waals surface area contributed by atoms with Gasteiger partial charge in [0.25, 0.3) is 0 Å². The maximum atomic E-state index is 12.0. The van der Waals surface area contributed by atoms with Crippen LogP contribution in [-0.2, 0) is 9.53 Å². The lowest BCUT2D eigenvalue weighted by Gasteiger charge is -2.42. The van der Waals surface area contributed by atoms with Gasteiger partial charge in [-0.05, 0) is 31.6 Å². The van der Waals surface area contributed by atoms with Crippen molar-refractivity contribution in [2.45, 2.75) is 103 Å². The molecule has 0 aromatic carbocycles. The molecule has 0 heterocycles. The van der Waals surface area contributed by atoms with E-state index in [2.05, 4.69) is 20.8 Å². The summed E-state index contributed by atoms with van der Waals surface area (Å²) in [5, 5.41) is 0. The maximum absolute atomic E-state index is 12.0. The second-order valence-corrected chi connectivity index (χ2v) is 6.95. The molecular weight excluding hydrogens is 260 g/mol. The van der Waals surface area contributed by atoms with Crippen molar-refractivity contribution in [1.82, 2.24) is 0 Å². The summed E-state index contributed by atoms with van der Waals surface area (Å²) in [6.07, 6.45) is 13.9. The lowest BCUT2D eigenvalue weighted by molar-refractivity contribution is -0.143. The monoisotopic (exact) mass is 296 g/mol. The van der Waals surface area contributed by atoms with E-state index in [1.165, 1.54) is 51.4 Å². The number of rotatable bonds is 11. The van der Waals surface area contributed by atoms with Crippen LogP contribution in [0.1, 0.15) is 97.8 Å². The molecule has 0 aromatic rings. The molecule has 1 aliphatic rings. The van der Waals surface area contributed by atoms with Gasteiger partial charge in [-0.3, -0.25) is 4.79 Å². The van der Waals surface area contributed by atoms with Crippen LogP contribution in [0.5, 0.6) is 0 Å². The van der Waals surface area contributed by atoms with Crippen molar-refractivity contribution in [1.29, 1.82) is 0 Å². The standard InChI is InChI=1S/C19H36O2/c1-4-6-8-9-13-18(20)16-21-19(14-7-5-2)15-11-10-12-17(19)3/h17H,4-16H2,1-3H3. The predicted molar refractivity (Wildman–Crippen MR) is 89.6 cm³/mol. The van der Waals surface area contributed by atoms with Crippen molar-refractivity contribution in [3.05, 3.63) is 0 Å². The average Bonchev–Trinajstić information content (AvgIpc) is 2.50. The SMILES string of the molecule is CCCCCCC(=O)COC1(CCCC)CCCCC1C. The van der Waals surface area contributed by atoms with Crippen LogP contribution in [0.3, 0.4) is 0 Å². The molecule has 2 atom stereocenters. The first-order valence-electron chi connectivity index (χ1n) is 9.30. The Kier molecular flexibility index (Phi) is 9.23. The third-order valence-electron chi connectivity index (χ3n) is 5.17. The van der Waals surface area contributed by atoms with E-state index in [1.807, 2.05) is 0 Å². The molecule has 0 saturated heterocycles. The van der Waals surface area contributed by atoms with Crippen LogP contribution in [0.15, 0.2) is 0 Å². The van der Waals surface area contributed by atoms with Gasteiger partial charge in [0.15, 0.2) is 5.78 Å². The minimum Gasteiger partial charge on any atom is -0.367 e. The number of ketones is 1. The molecule has 2 nitrogen and oxygen atoms in total. The van der Waals surface area contributed by atoms with Gasteiger partial charge in [-0.2, -0.15) is 0 Å². The van der Waals surface area contributed by atoms with E-state index in [1.54, 1.807) is 0 Å². The highest BCUT2D eigenvalue weighted by Crippen LogP contribution is 2.40. The molecule has 0 N–H and O–H groups in total. The molecule has 124 valence electrons. The molecule has 0 bridgehead atoms. The normalized spacial score (nSPS) is 26.0. The van der Waals surface area contributed by atoms with Crippen molar-refractivity contribution in [3.8, 4) is 0 Å². The minimum absolute atomic E-state index is 0.00661. The van der Waals surface area contributed by atoms with Gasteiger partial charge in [-0.1, -0.05) is 65.7 Å². The third-order valence-corrected chi connectivity index (χ3v) is 5.17. The van der Waals surface area contributed by atoms with E-state index in [9.17, 15) is 4.79 Å². The number of hydrogen-bond acceptors (Lipinski definition) is 2. The highest BCUT2D eigenvalue weighted by Gasteiger charge is 2.38. The number of hydrogen-bond donors (Lipinski definition) is 0. The van der Waals surface area contributed by atoms with Crippen LogP contribution in [-0.4, -0.2) is 18.0 Å². The second-order valence-electron chi connectivity index (χ2n) is 6.95. The quantitative estimate of drug-likeness (QED) is 0.458. The summed E-state index contributed by atoms with van der Waals surface area (Å²) in [6.45, 7) is 7.10. The second kappa shape index (κ2) is 10.4. The van der Waals surface area contributed by atoms with E-state index < -0.39 is 0 Å². The Balaban J connectivity index is 2.40. The van der Waals surface area contributed by atoms with Gasteiger partial charge in [0.05, 0.1) is 5.60 Å². The molecule has 2 heteroatoms. The largest absolute Gasteiger partial charge is 0.367 e. The summed E-state index contributed by atoms with van der Waals surface area (Å²) in [5.74, 6) is 0.908. The summed E-state index contributed by atoms with van der Waals surface area (Å²) in [5.41, 5.74) is -0.00661. The van der Waals surface area contributed by atoms with E-state index in [0.717, 1.165) is 19.3 Å². The van der Waals surface area contributed by atoms with E-state index in [4.69, 9.17) is 4.74 Å². The molecule has 1 fully saturated rings. The minimum atomic E-state index is -0.00661. The number of carbonyl (C=O) groups excluding carboxylic acids is 1. The predicted octanol–water partition coefficient (Wildman–Crippen LogP) is 5.68. The maximum Gasteiger partial charge on any atom is 0.158 e. The lowest BCUT2D eigenvalue weighted by atomic mass is 9.73. The van der Waals surface area contributed by atoms with Gasteiger partial charge in [-0.25, -0.2) is 0 Å². The third kappa shape index (κ3) is 6.50. The van der Waals surface area contributed by atoms with E-state index >= 15 is 0 Å². The van der Waals surface area contributed by atoms with E-state index in [0.29, 0.717) is 24.7 Å². The van der Waals surface area contributed by atoms with Gasteiger partial charge in [0.2, 0.25) is 0 Å². The van der Waals surface area contributed by atoms with Gasteiger partial charge in [0, 0.05) is 6.42 Å². The molecule has 0 aromatic heterocycles. The zero-order chi connectivity index (χ0) is 15.6. The Morgan fingerprint density at radius 1 is 1.10 bits per heavy atom. The van der Waals surface area contributed by atoms with Crippen LogP contribution in [0.25, 0.3) is 0 Å². The zero-order valence-corrected chi connectivity index (χ0v) is 14.6. The van der Waals surface area contributed by atoms with Crippen LogP contribution in [0.2, 0.25) is 0 Å². The van der Waals surface area contributed by atoms with Gasteiger partial charge in [-0.15, -0.1) is 0 Å². The van der Waals surface area contributed by atoms with Gasteiger partial charge >= 0.3 is 0 Å². The summed E-state index contributed by atoms with van der Waals surface area (Å²) in [6, 6.07) is 0. The Hall–Kier alpha value is -0.370. The summed E-state index contributed by atoms with van der Waals surface area (Å²) < 4.78 is 6.25. The van der Waals surface area contributed by atoms with Gasteiger partial charge < -0.3 is 4.74 Å². The molecule has 1 saturated carbocycles. The molecule has 0 aliphatic heterocycles. The average molecular weight is 296 g/mol. The first kappa shape index (κ1) is 18.7. The smallest absolute Gasteiger partial charge is 0.158 e. The number of unbranched alkanes of at least 4 members (excludes halogenated alkanes) is 4. The fraction of sp³-hybridized carbons (Fsp3) is 0.947.